The lowest BCUT2D eigenvalue weighted by molar-refractivity contribution is -0.150. The average molecular weight is 257 g/mol. The van der Waals surface area contributed by atoms with Crippen LogP contribution < -0.4 is 0 Å². The highest BCUT2D eigenvalue weighted by Gasteiger charge is 2.48. The topological polar surface area (TPSA) is 66.8 Å². The van der Waals surface area contributed by atoms with Gasteiger partial charge in [-0.05, 0) is 25.7 Å². The number of carbonyl (C=O) groups is 2. The standard InChI is InChI=1S/C13H23NO4/c1-12(2,3)6-7-14-9(8-10(15)16)11(17)18-13(14,4)5/h9H,6-8H2,1-5H3,(H,15,16)/t9-/m0/s1. The lowest BCUT2D eigenvalue weighted by Crippen LogP contribution is -2.46. The van der Waals surface area contributed by atoms with Crippen LogP contribution in [0.1, 0.15) is 47.5 Å². The van der Waals surface area contributed by atoms with E-state index in [0.717, 1.165) is 6.42 Å². The third-order valence-electron chi connectivity index (χ3n) is 3.16. The molecule has 0 aromatic rings. The van der Waals surface area contributed by atoms with Crippen LogP contribution in [0.5, 0.6) is 0 Å². The van der Waals surface area contributed by atoms with Crippen LogP contribution in [0.15, 0.2) is 0 Å². The Balaban J connectivity index is 2.80. The second-order valence-electron chi connectivity index (χ2n) is 6.49. The van der Waals surface area contributed by atoms with Crippen molar-refractivity contribution < 1.29 is 19.4 Å². The molecule has 0 aromatic heterocycles. The molecule has 5 nitrogen and oxygen atoms in total. The molecular formula is C13H23NO4. The molecule has 0 aliphatic carbocycles. The van der Waals surface area contributed by atoms with Crippen LogP contribution in [0.3, 0.4) is 0 Å². The molecule has 1 saturated heterocycles. The maximum Gasteiger partial charge on any atom is 0.325 e. The van der Waals surface area contributed by atoms with Crippen LogP contribution in [0, 0.1) is 5.41 Å². The van der Waals surface area contributed by atoms with Crippen molar-refractivity contribution in [1.29, 1.82) is 0 Å². The van der Waals surface area contributed by atoms with Gasteiger partial charge in [-0.2, -0.15) is 0 Å². The maximum atomic E-state index is 11.7. The highest BCUT2D eigenvalue weighted by Crippen LogP contribution is 2.32. The van der Waals surface area contributed by atoms with E-state index < -0.39 is 23.7 Å². The molecule has 0 unspecified atom stereocenters. The first-order chi connectivity index (χ1) is 8.03. The Hall–Kier alpha value is -1.10. The van der Waals surface area contributed by atoms with E-state index in [2.05, 4.69) is 20.8 Å². The van der Waals surface area contributed by atoms with Gasteiger partial charge in [0, 0.05) is 6.54 Å². The van der Waals surface area contributed by atoms with E-state index in [1.807, 2.05) is 4.90 Å². The molecule has 0 amide bonds. The predicted octanol–water partition coefficient (Wildman–Crippen LogP) is 1.86. The van der Waals surface area contributed by atoms with E-state index in [9.17, 15) is 9.59 Å². The number of nitrogens with zero attached hydrogens (tertiary/aromatic N) is 1. The van der Waals surface area contributed by atoms with E-state index in [-0.39, 0.29) is 11.8 Å². The number of cyclic esters (lactones) is 1. The summed E-state index contributed by atoms with van der Waals surface area (Å²) in [4.78, 5) is 24.4. The fourth-order valence-corrected chi connectivity index (χ4v) is 2.12. The maximum absolute atomic E-state index is 11.7. The minimum atomic E-state index is -0.976. The molecule has 0 spiro atoms. The molecule has 1 heterocycles. The van der Waals surface area contributed by atoms with Crippen LogP contribution in [-0.2, 0) is 14.3 Å². The highest BCUT2D eigenvalue weighted by molar-refractivity contribution is 5.83. The van der Waals surface area contributed by atoms with E-state index >= 15 is 0 Å². The zero-order chi connectivity index (χ0) is 14.1. The van der Waals surface area contributed by atoms with Crippen molar-refractivity contribution in [1.82, 2.24) is 4.90 Å². The average Bonchev–Trinajstić information content (AvgIpc) is 2.31. The van der Waals surface area contributed by atoms with Crippen LogP contribution in [0.4, 0.5) is 0 Å². The van der Waals surface area contributed by atoms with Crippen LogP contribution >= 0.6 is 0 Å². The summed E-state index contributed by atoms with van der Waals surface area (Å²) in [7, 11) is 0. The van der Waals surface area contributed by atoms with Crippen molar-refractivity contribution in [3.63, 3.8) is 0 Å². The van der Waals surface area contributed by atoms with Crippen LogP contribution in [0.25, 0.3) is 0 Å². The summed E-state index contributed by atoms with van der Waals surface area (Å²) in [6.07, 6.45) is 0.676. The van der Waals surface area contributed by atoms with Gasteiger partial charge in [0.2, 0.25) is 0 Å². The number of ether oxygens (including phenoxy) is 1. The minimum Gasteiger partial charge on any atom is -0.481 e. The number of rotatable bonds is 4. The van der Waals surface area contributed by atoms with Gasteiger partial charge in [0.1, 0.15) is 6.04 Å². The second-order valence-corrected chi connectivity index (χ2v) is 6.49. The summed E-state index contributed by atoms with van der Waals surface area (Å²) >= 11 is 0. The van der Waals surface area contributed by atoms with Gasteiger partial charge in [-0.3, -0.25) is 14.5 Å². The molecular weight excluding hydrogens is 234 g/mol. The SMILES string of the molecule is CC(C)(C)CCN1[C@@H](CC(=O)O)C(=O)OC1(C)C. The number of carboxylic acid groups (broad SMARTS) is 1. The number of carbonyl (C=O) groups excluding carboxylic acids is 1. The molecule has 1 N–H and O–H groups in total. The summed E-state index contributed by atoms with van der Waals surface area (Å²) in [6.45, 7) is 10.6. The van der Waals surface area contributed by atoms with E-state index in [1.54, 1.807) is 13.8 Å². The molecule has 1 rings (SSSR count). The Morgan fingerprint density at radius 3 is 2.44 bits per heavy atom. The largest absolute Gasteiger partial charge is 0.481 e. The second kappa shape index (κ2) is 4.88. The number of esters is 1. The highest BCUT2D eigenvalue weighted by atomic mass is 16.6. The summed E-state index contributed by atoms with van der Waals surface area (Å²) in [5, 5.41) is 8.87. The van der Waals surface area contributed by atoms with Crippen molar-refractivity contribution in [3.05, 3.63) is 0 Å². The summed E-state index contributed by atoms with van der Waals surface area (Å²) in [5.41, 5.74) is -0.585. The van der Waals surface area contributed by atoms with Gasteiger partial charge in [-0.15, -0.1) is 0 Å². The fraction of sp³-hybridized carbons (Fsp3) is 0.846. The quantitative estimate of drug-likeness (QED) is 0.779. The Morgan fingerprint density at radius 2 is 2.00 bits per heavy atom. The monoisotopic (exact) mass is 257 g/mol. The summed E-state index contributed by atoms with van der Waals surface area (Å²) < 4.78 is 5.26. The van der Waals surface area contributed by atoms with Gasteiger partial charge in [-0.25, -0.2) is 0 Å². The number of hydrogen-bond acceptors (Lipinski definition) is 4. The molecule has 18 heavy (non-hydrogen) atoms. The smallest absolute Gasteiger partial charge is 0.325 e. The molecule has 0 saturated carbocycles. The summed E-state index contributed by atoms with van der Waals surface area (Å²) in [5.74, 6) is -1.41. The lowest BCUT2D eigenvalue weighted by Gasteiger charge is -2.33. The normalized spacial score (nSPS) is 24.1. The molecule has 0 aromatic carbocycles. The van der Waals surface area contributed by atoms with Gasteiger partial charge in [0.25, 0.3) is 0 Å². The molecule has 0 radical (unpaired) electrons. The Morgan fingerprint density at radius 1 is 1.44 bits per heavy atom. The molecule has 1 aliphatic heterocycles. The number of hydrogen-bond donors (Lipinski definition) is 1. The first-order valence-corrected chi connectivity index (χ1v) is 6.24. The minimum absolute atomic E-state index is 0.134. The molecule has 1 aliphatic rings. The van der Waals surface area contributed by atoms with Gasteiger partial charge in [0.05, 0.1) is 6.42 Å². The van der Waals surface area contributed by atoms with Crippen molar-refractivity contribution in [2.24, 2.45) is 5.41 Å². The van der Waals surface area contributed by atoms with Gasteiger partial charge < -0.3 is 9.84 Å². The first-order valence-electron chi connectivity index (χ1n) is 6.24. The van der Waals surface area contributed by atoms with E-state index in [0.29, 0.717) is 6.54 Å². The van der Waals surface area contributed by atoms with Crippen molar-refractivity contribution in [3.8, 4) is 0 Å². The number of carboxylic acids is 1. The van der Waals surface area contributed by atoms with E-state index in [4.69, 9.17) is 9.84 Å². The molecule has 104 valence electrons. The Kier molecular flexibility index (Phi) is 4.05. The zero-order valence-corrected chi connectivity index (χ0v) is 11.8. The van der Waals surface area contributed by atoms with Gasteiger partial charge >= 0.3 is 11.9 Å². The third kappa shape index (κ3) is 3.70. The van der Waals surface area contributed by atoms with Crippen molar-refractivity contribution in [2.75, 3.05) is 6.54 Å². The van der Waals surface area contributed by atoms with Crippen LogP contribution in [0.2, 0.25) is 0 Å². The Bertz CT molecular complexity index is 343. The third-order valence-corrected chi connectivity index (χ3v) is 3.16. The fourth-order valence-electron chi connectivity index (χ4n) is 2.12. The van der Waals surface area contributed by atoms with Crippen molar-refractivity contribution >= 4 is 11.9 Å². The molecule has 1 atom stereocenters. The number of aliphatic carboxylic acids is 1. The first kappa shape index (κ1) is 15.0. The summed E-state index contributed by atoms with van der Waals surface area (Å²) in [6, 6.07) is -0.667. The van der Waals surface area contributed by atoms with E-state index in [1.165, 1.54) is 0 Å². The molecule has 1 fully saturated rings. The molecule has 0 bridgehead atoms. The van der Waals surface area contributed by atoms with Crippen molar-refractivity contribution in [2.45, 2.75) is 59.2 Å². The van der Waals surface area contributed by atoms with Gasteiger partial charge in [-0.1, -0.05) is 20.8 Å². The zero-order valence-electron chi connectivity index (χ0n) is 11.8. The molecule has 5 heteroatoms. The van der Waals surface area contributed by atoms with Gasteiger partial charge in [0.15, 0.2) is 5.72 Å². The Labute approximate surface area is 108 Å². The predicted molar refractivity (Wildman–Crippen MR) is 67.0 cm³/mol. The van der Waals surface area contributed by atoms with Crippen LogP contribution in [-0.4, -0.2) is 40.3 Å². The lowest BCUT2D eigenvalue weighted by atomic mass is 9.91.